The highest BCUT2D eigenvalue weighted by Crippen LogP contribution is 2.03. The van der Waals surface area contributed by atoms with Gasteiger partial charge in [0.15, 0.2) is 0 Å². The molecule has 0 aliphatic heterocycles. The molecule has 0 radical (unpaired) electrons. The van der Waals surface area contributed by atoms with Gasteiger partial charge < -0.3 is 5.11 Å². The Balaban J connectivity index is 2.89. The van der Waals surface area contributed by atoms with Crippen LogP contribution in [0.1, 0.15) is 12.5 Å². The lowest BCUT2D eigenvalue weighted by molar-refractivity contribution is -0.132. The first kappa shape index (κ1) is 8.46. The molecule has 1 rings (SSSR count). The quantitative estimate of drug-likeness (QED) is 0.673. The summed E-state index contributed by atoms with van der Waals surface area (Å²) in [5.74, 6) is -0.904. The molecular formula is C9H9NO2. The van der Waals surface area contributed by atoms with E-state index < -0.39 is 5.97 Å². The Morgan fingerprint density at radius 2 is 2.42 bits per heavy atom. The van der Waals surface area contributed by atoms with Crippen LogP contribution in [-0.4, -0.2) is 16.1 Å². The fourth-order valence-electron chi connectivity index (χ4n) is 0.773. The SMILES string of the molecule is C/C(=C/c1cccnc1)C(=O)O. The van der Waals surface area contributed by atoms with Crippen LogP contribution in [0.25, 0.3) is 6.08 Å². The molecule has 0 saturated heterocycles. The molecule has 1 heterocycles. The molecule has 0 amide bonds. The van der Waals surface area contributed by atoms with Gasteiger partial charge in [-0.1, -0.05) is 6.07 Å². The van der Waals surface area contributed by atoms with E-state index in [1.807, 2.05) is 0 Å². The summed E-state index contributed by atoms with van der Waals surface area (Å²) in [5, 5.41) is 8.55. The normalized spacial score (nSPS) is 11.2. The van der Waals surface area contributed by atoms with E-state index in [0.29, 0.717) is 5.57 Å². The molecule has 0 bridgehead atoms. The van der Waals surface area contributed by atoms with Crippen molar-refractivity contribution in [2.24, 2.45) is 0 Å². The van der Waals surface area contributed by atoms with E-state index >= 15 is 0 Å². The molecule has 12 heavy (non-hydrogen) atoms. The molecule has 0 saturated carbocycles. The zero-order valence-electron chi connectivity index (χ0n) is 6.69. The van der Waals surface area contributed by atoms with Gasteiger partial charge in [0.2, 0.25) is 0 Å². The first-order valence-corrected chi connectivity index (χ1v) is 3.52. The van der Waals surface area contributed by atoms with E-state index in [9.17, 15) is 4.79 Å². The van der Waals surface area contributed by atoms with E-state index in [1.165, 1.54) is 0 Å². The molecule has 62 valence electrons. The summed E-state index contributed by atoms with van der Waals surface area (Å²) in [5.41, 5.74) is 1.11. The van der Waals surface area contributed by atoms with E-state index in [2.05, 4.69) is 4.98 Å². The van der Waals surface area contributed by atoms with Crippen molar-refractivity contribution in [2.75, 3.05) is 0 Å². The van der Waals surface area contributed by atoms with Crippen molar-refractivity contribution in [3.63, 3.8) is 0 Å². The molecule has 0 spiro atoms. The van der Waals surface area contributed by atoms with Crippen molar-refractivity contribution in [2.45, 2.75) is 6.92 Å². The molecule has 3 nitrogen and oxygen atoms in total. The number of hydrogen-bond acceptors (Lipinski definition) is 2. The van der Waals surface area contributed by atoms with Crippen molar-refractivity contribution in [3.05, 3.63) is 35.7 Å². The summed E-state index contributed by atoms with van der Waals surface area (Å²) in [6.45, 7) is 1.55. The Labute approximate surface area is 70.4 Å². The summed E-state index contributed by atoms with van der Waals surface area (Å²) in [6.07, 6.45) is 4.84. The van der Waals surface area contributed by atoms with Crippen LogP contribution >= 0.6 is 0 Å². The fraction of sp³-hybridized carbons (Fsp3) is 0.111. The van der Waals surface area contributed by atoms with Crippen LogP contribution in [0, 0.1) is 0 Å². The standard InChI is InChI=1S/C9H9NO2/c1-7(9(11)12)5-8-3-2-4-10-6-8/h2-6H,1H3,(H,11,12)/b7-5-. The highest BCUT2D eigenvalue weighted by Gasteiger charge is 1.98. The maximum absolute atomic E-state index is 10.4. The van der Waals surface area contributed by atoms with Crippen LogP contribution in [-0.2, 0) is 4.79 Å². The van der Waals surface area contributed by atoms with Gasteiger partial charge in [0.25, 0.3) is 0 Å². The molecule has 1 N–H and O–H groups in total. The molecule has 0 aliphatic rings. The Bertz CT molecular complexity index is 304. The Hall–Kier alpha value is -1.64. The van der Waals surface area contributed by atoms with Gasteiger partial charge in [-0.3, -0.25) is 4.98 Å². The van der Waals surface area contributed by atoms with E-state index in [1.54, 1.807) is 37.5 Å². The molecular weight excluding hydrogens is 154 g/mol. The largest absolute Gasteiger partial charge is 0.478 e. The van der Waals surface area contributed by atoms with Gasteiger partial charge in [0.1, 0.15) is 0 Å². The van der Waals surface area contributed by atoms with Gasteiger partial charge in [-0.15, -0.1) is 0 Å². The van der Waals surface area contributed by atoms with E-state index in [0.717, 1.165) is 5.56 Å². The molecule has 3 heteroatoms. The molecule has 1 aromatic heterocycles. The Kier molecular flexibility index (Phi) is 2.58. The number of aliphatic carboxylic acids is 1. The first-order valence-electron chi connectivity index (χ1n) is 3.52. The van der Waals surface area contributed by atoms with Crippen LogP contribution in [0.5, 0.6) is 0 Å². The number of carboxylic acids is 1. The fourth-order valence-corrected chi connectivity index (χ4v) is 0.773. The first-order chi connectivity index (χ1) is 5.70. The topological polar surface area (TPSA) is 50.2 Å². The smallest absolute Gasteiger partial charge is 0.331 e. The van der Waals surface area contributed by atoms with Crippen LogP contribution in [0.4, 0.5) is 0 Å². The number of carbonyl (C=O) groups is 1. The summed E-state index contributed by atoms with van der Waals surface area (Å²) in [6, 6.07) is 3.57. The summed E-state index contributed by atoms with van der Waals surface area (Å²) in [4.78, 5) is 14.3. The monoisotopic (exact) mass is 163 g/mol. The lowest BCUT2D eigenvalue weighted by atomic mass is 10.2. The number of rotatable bonds is 2. The second-order valence-corrected chi connectivity index (χ2v) is 2.42. The third-order valence-electron chi connectivity index (χ3n) is 1.40. The van der Waals surface area contributed by atoms with Crippen molar-refractivity contribution >= 4 is 12.0 Å². The van der Waals surface area contributed by atoms with Crippen LogP contribution in [0.3, 0.4) is 0 Å². The number of aromatic nitrogens is 1. The molecule has 1 aromatic rings. The number of pyridine rings is 1. The third kappa shape index (κ3) is 2.20. The van der Waals surface area contributed by atoms with Gasteiger partial charge in [-0.05, 0) is 24.6 Å². The maximum atomic E-state index is 10.4. The minimum absolute atomic E-state index is 0.308. The number of carboxylic acid groups (broad SMARTS) is 1. The van der Waals surface area contributed by atoms with Crippen LogP contribution < -0.4 is 0 Å². The average molecular weight is 163 g/mol. The highest BCUT2D eigenvalue weighted by molar-refractivity contribution is 5.91. The number of hydrogen-bond donors (Lipinski definition) is 1. The zero-order valence-corrected chi connectivity index (χ0v) is 6.69. The minimum Gasteiger partial charge on any atom is -0.478 e. The van der Waals surface area contributed by atoms with Gasteiger partial charge in [0.05, 0.1) is 0 Å². The predicted octanol–water partition coefficient (Wildman–Crippen LogP) is 1.57. The average Bonchev–Trinajstić information content (AvgIpc) is 2.06. The van der Waals surface area contributed by atoms with Gasteiger partial charge >= 0.3 is 5.97 Å². The lowest BCUT2D eigenvalue weighted by Crippen LogP contribution is -1.95. The minimum atomic E-state index is -0.904. The highest BCUT2D eigenvalue weighted by atomic mass is 16.4. The second-order valence-electron chi connectivity index (χ2n) is 2.42. The molecule has 0 aliphatic carbocycles. The molecule has 0 unspecified atom stereocenters. The van der Waals surface area contributed by atoms with Crippen LogP contribution in [0.15, 0.2) is 30.1 Å². The van der Waals surface area contributed by atoms with Gasteiger partial charge in [-0.2, -0.15) is 0 Å². The van der Waals surface area contributed by atoms with E-state index in [-0.39, 0.29) is 0 Å². The lowest BCUT2D eigenvalue weighted by Gasteiger charge is -1.93. The summed E-state index contributed by atoms with van der Waals surface area (Å²) < 4.78 is 0. The predicted molar refractivity (Wildman–Crippen MR) is 45.5 cm³/mol. The summed E-state index contributed by atoms with van der Waals surface area (Å²) >= 11 is 0. The zero-order chi connectivity index (χ0) is 8.97. The third-order valence-corrected chi connectivity index (χ3v) is 1.40. The Morgan fingerprint density at radius 1 is 1.67 bits per heavy atom. The van der Waals surface area contributed by atoms with Gasteiger partial charge in [-0.25, -0.2) is 4.79 Å². The van der Waals surface area contributed by atoms with E-state index in [4.69, 9.17) is 5.11 Å². The van der Waals surface area contributed by atoms with Crippen LogP contribution in [0.2, 0.25) is 0 Å². The van der Waals surface area contributed by atoms with Crippen molar-refractivity contribution < 1.29 is 9.90 Å². The number of nitrogens with zero attached hydrogens (tertiary/aromatic N) is 1. The molecule has 0 aromatic carbocycles. The van der Waals surface area contributed by atoms with Crippen molar-refractivity contribution in [1.29, 1.82) is 0 Å². The van der Waals surface area contributed by atoms with Crippen molar-refractivity contribution in [3.8, 4) is 0 Å². The van der Waals surface area contributed by atoms with Crippen molar-refractivity contribution in [1.82, 2.24) is 4.98 Å². The van der Waals surface area contributed by atoms with Gasteiger partial charge in [0, 0.05) is 18.0 Å². The second kappa shape index (κ2) is 3.67. The molecule has 0 fully saturated rings. The summed E-state index contributed by atoms with van der Waals surface area (Å²) in [7, 11) is 0. The molecule has 0 atom stereocenters. The maximum Gasteiger partial charge on any atom is 0.331 e. The Morgan fingerprint density at radius 3 is 2.92 bits per heavy atom.